The number of likely N-dealkylation sites (tertiary alicyclic amines) is 1. The van der Waals surface area contributed by atoms with Crippen LogP contribution < -0.4 is 4.90 Å². The topological polar surface area (TPSA) is 17.3 Å². The minimum atomic E-state index is 0.684. The van der Waals surface area contributed by atoms with Crippen molar-refractivity contribution in [1.29, 1.82) is 0 Å². The number of piperidine rings is 1. The number of fused-ring (bicyclic) bond motifs is 1. The van der Waals surface area contributed by atoms with E-state index >= 15 is 0 Å². The first-order valence-electron chi connectivity index (χ1n) is 6.77. The van der Waals surface area contributed by atoms with Gasteiger partial charge in [0.1, 0.15) is 0 Å². The Kier molecular flexibility index (Phi) is 3.04. The summed E-state index contributed by atoms with van der Waals surface area (Å²) in [5.74, 6) is 0.684. The summed E-state index contributed by atoms with van der Waals surface area (Å²) in [4.78, 5) is 6.05. The van der Waals surface area contributed by atoms with Gasteiger partial charge in [-0.05, 0) is 30.5 Å². The van der Waals surface area contributed by atoms with Gasteiger partial charge in [0.25, 0.3) is 0 Å². The van der Waals surface area contributed by atoms with E-state index in [1.165, 1.54) is 41.8 Å². The molecule has 1 aliphatic rings. The number of pyridine rings is 1. The first-order valence-corrected chi connectivity index (χ1v) is 6.77. The van der Waals surface area contributed by atoms with Crippen molar-refractivity contribution in [2.45, 2.75) is 25.7 Å². The smallest absolute Gasteiger partial charge is 0.0708 e. The van der Waals surface area contributed by atoms with Gasteiger partial charge in [-0.15, -0.1) is 0 Å². The summed E-state index contributed by atoms with van der Waals surface area (Å²) in [5, 5.41) is 1.33. The van der Waals surface area contributed by atoms with Crippen LogP contribution in [-0.2, 0) is 0 Å². The molecule has 0 bridgehead atoms. The summed E-state index contributed by atoms with van der Waals surface area (Å²) in [7, 11) is 4.10. The van der Waals surface area contributed by atoms with Crippen LogP contribution in [0.1, 0.15) is 30.0 Å². The highest BCUT2D eigenvalue weighted by Gasteiger charge is 2.20. The summed E-state index contributed by atoms with van der Waals surface area (Å²) in [5.41, 5.74) is 3.71. The van der Waals surface area contributed by atoms with E-state index in [2.05, 4.69) is 49.3 Å². The van der Waals surface area contributed by atoms with E-state index in [1.807, 2.05) is 0 Å². The Hall–Kier alpha value is -1.41. The van der Waals surface area contributed by atoms with Crippen molar-refractivity contribution in [3.05, 3.63) is 48.6 Å². The number of hydrogen-bond acceptors (Lipinski definition) is 1. The van der Waals surface area contributed by atoms with Gasteiger partial charge in [-0.3, -0.25) is 4.98 Å². The van der Waals surface area contributed by atoms with Crippen LogP contribution in [-0.4, -0.2) is 18.1 Å². The predicted molar refractivity (Wildman–Crippen MR) is 74.5 cm³/mol. The number of nitrogens with one attached hydrogen (secondary N) is 1. The second kappa shape index (κ2) is 4.69. The van der Waals surface area contributed by atoms with E-state index in [0.717, 1.165) is 11.2 Å². The Bertz CT molecular complexity index is 554. The molecule has 2 heteroatoms. The third-order valence-corrected chi connectivity index (χ3v) is 4.04. The van der Waals surface area contributed by atoms with E-state index in [0.29, 0.717) is 5.92 Å². The third kappa shape index (κ3) is 2.13. The molecule has 3 rings (SSSR count). The summed E-state index contributed by atoms with van der Waals surface area (Å²) in [6.45, 7) is 4.41. The average molecular weight is 240 g/mol. The zero-order valence-corrected chi connectivity index (χ0v) is 10.9. The molecule has 0 aliphatic carbocycles. The van der Waals surface area contributed by atoms with Crippen LogP contribution in [0.2, 0.25) is 0 Å². The number of rotatable bonds is 1. The first-order chi connectivity index (χ1) is 8.74. The number of aryl methyl sites for hydroxylation is 1. The fourth-order valence-electron chi connectivity index (χ4n) is 2.97. The lowest BCUT2D eigenvalue weighted by molar-refractivity contribution is -0.859. The van der Waals surface area contributed by atoms with Gasteiger partial charge in [-0.1, -0.05) is 18.2 Å². The number of nitrogens with zero attached hydrogens (tertiary/aromatic N) is 1. The zero-order chi connectivity index (χ0) is 12.5. The molecule has 0 unspecified atom stereocenters. The van der Waals surface area contributed by atoms with E-state index in [1.54, 1.807) is 0 Å². The van der Waals surface area contributed by atoms with Crippen LogP contribution >= 0.6 is 0 Å². The number of hydrogen-bond donors (Lipinski definition) is 1. The third-order valence-electron chi connectivity index (χ3n) is 4.04. The normalized spacial score (nSPS) is 24.3. The van der Waals surface area contributed by atoms with Crippen molar-refractivity contribution in [2.75, 3.05) is 13.1 Å². The van der Waals surface area contributed by atoms with Gasteiger partial charge < -0.3 is 4.90 Å². The average Bonchev–Trinajstić information content (AvgIpc) is 2.38. The highest BCUT2D eigenvalue weighted by Crippen LogP contribution is 2.30. The molecule has 94 valence electrons. The molecule has 2 nitrogen and oxygen atoms in total. The molecule has 0 atom stereocenters. The Morgan fingerprint density at radius 3 is 2.72 bits per heavy atom. The maximum atomic E-state index is 4.63. The van der Waals surface area contributed by atoms with Gasteiger partial charge in [0.05, 0.1) is 18.6 Å². The maximum Gasteiger partial charge on any atom is 0.0708 e. The molecule has 0 radical (unpaired) electrons. The molecular weight excluding hydrogens is 220 g/mol. The van der Waals surface area contributed by atoms with Gasteiger partial charge in [0.15, 0.2) is 0 Å². The van der Waals surface area contributed by atoms with E-state index in [-0.39, 0.29) is 0 Å². The maximum absolute atomic E-state index is 4.63. The Morgan fingerprint density at radius 2 is 1.94 bits per heavy atom. The number of aromatic nitrogens is 1. The van der Waals surface area contributed by atoms with Crippen molar-refractivity contribution >= 4 is 10.9 Å². The second-order valence-electron chi connectivity index (χ2n) is 5.39. The van der Waals surface area contributed by atoms with E-state index in [9.17, 15) is 0 Å². The highest BCUT2D eigenvalue weighted by atomic mass is 15.1. The van der Waals surface area contributed by atoms with Crippen molar-refractivity contribution < 1.29 is 4.90 Å². The van der Waals surface area contributed by atoms with Gasteiger partial charge >= 0.3 is 0 Å². The van der Waals surface area contributed by atoms with Crippen LogP contribution in [0.4, 0.5) is 0 Å². The van der Waals surface area contributed by atoms with Crippen LogP contribution in [0.15, 0.2) is 30.3 Å². The summed E-state index contributed by atoms with van der Waals surface area (Å²) in [6, 6.07) is 10.9. The van der Waals surface area contributed by atoms with Gasteiger partial charge in [0, 0.05) is 23.9 Å². The minimum absolute atomic E-state index is 0.684. The Labute approximate surface area is 109 Å². The molecule has 18 heavy (non-hydrogen) atoms. The number of benzene rings is 1. The monoisotopic (exact) mass is 240 g/mol. The SMILES string of the molecule is [CH2-][NH+]1CCC(c2cccc3nc(C)ccc23)CC1. The molecule has 1 saturated heterocycles. The molecule has 1 N–H and O–H groups in total. The molecule has 0 amide bonds. The number of quaternary nitrogens is 1. The predicted octanol–water partition coefficient (Wildman–Crippen LogP) is 2.10. The van der Waals surface area contributed by atoms with E-state index < -0.39 is 0 Å². The standard InChI is InChI=1S/C16H20N2/c1-12-6-7-15-14(4-3-5-16(15)17-12)13-8-10-18(2)11-9-13/h3-7,13,18H,2,8-11H2,1H3. The van der Waals surface area contributed by atoms with Crippen molar-refractivity contribution in [3.63, 3.8) is 0 Å². The highest BCUT2D eigenvalue weighted by molar-refractivity contribution is 5.82. The molecule has 1 aliphatic heterocycles. The van der Waals surface area contributed by atoms with Crippen LogP contribution in [0.3, 0.4) is 0 Å². The zero-order valence-electron chi connectivity index (χ0n) is 10.9. The largest absolute Gasteiger partial charge is 0.468 e. The fraction of sp³-hybridized carbons (Fsp3) is 0.375. The lowest BCUT2D eigenvalue weighted by atomic mass is 9.87. The van der Waals surface area contributed by atoms with Gasteiger partial charge in [-0.2, -0.15) is 7.05 Å². The van der Waals surface area contributed by atoms with Crippen molar-refractivity contribution in [3.8, 4) is 0 Å². The molecule has 1 aromatic heterocycles. The quantitative estimate of drug-likeness (QED) is 0.756. The van der Waals surface area contributed by atoms with Crippen LogP contribution in [0, 0.1) is 14.0 Å². The van der Waals surface area contributed by atoms with E-state index in [4.69, 9.17) is 0 Å². The summed E-state index contributed by atoms with van der Waals surface area (Å²) >= 11 is 0. The van der Waals surface area contributed by atoms with Gasteiger partial charge in [0.2, 0.25) is 0 Å². The lowest BCUT2D eigenvalue weighted by Crippen LogP contribution is -3.07. The molecule has 0 spiro atoms. The first kappa shape index (κ1) is 11.7. The molecule has 2 aromatic rings. The van der Waals surface area contributed by atoms with Crippen molar-refractivity contribution in [1.82, 2.24) is 4.98 Å². The molecular formula is C16H20N2. The Morgan fingerprint density at radius 1 is 1.17 bits per heavy atom. The summed E-state index contributed by atoms with van der Waals surface area (Å²) in [6.07, 6.45) is 2.48. The lowest BCUT2D eigenvalue weighted by Gasteiger charge is -2.31. The second-order valence-corrected chi connectivity index (χ2v) is 5.39. The minimum Gasteiger partial charge on any atom is -0.468 e. The van der Waals surface area contributed by atoms with Gasteiger partial charge in [-0.25, -0.2) is 0 Å². The van der Waals surface area contributed by atoms with Crippen LogP contribution in [0.25, 0.3) is 10.9 Å². The van der Waals surface area contributed by atoms with Crippen LogP contribution in [0.5, 0.6) is 0 Å². The Balaban J connectivity index is 2.01. The fourth-order valence-corrected chi connectivity index (χ4v) is 2.97. The molecule has 1 aromatic carbocycles. The molecule has 2 heterocycles. The molecule has 1 fully saturated rings. The van der Waals surface area contributed by atoms with Crippen molar-refractivity contribution in [2.24, 2.45) is 0 Å². The molecule has 0 saturated carbocycles. The summed E-state index contributed by atoms with van der Waals surface area (Å²) < 4.78 is 0.